The number of anilines is 1. The van der Waals surface area contributed by atoms with Gasteiger partial charge in [-0.3, -0.25) is 10.1 Å². The summed E-state index contributed by atoms with van der Waals surface area (Å²) in [5, 5.41) is 14.0. The van der Waals surface area contributed by atoms with Crippen LogP contribution in [-0.4, -0.2) is 11.0 Å². The second-order valence-corrected chi connectivity index (χ2v) is 4.88. The van der Waals surface area contributed by atoms with Crippen molar-refractivity contribution < 1.29 is 18.1 Å². The summed E-state index contributed by atoms with van der Waals surface area (Å²) in [7, 11) is 0. The highest BCUT2D eigenvalue weighted by molar-refractivity contribution is 5.63. The molecule has 7 heteroatoms. The molecule has 4 nitrogen and oxygen atoms in total. The van der Waals surface area contributed by atoms with Crippen LogP contribution >= 0.6 is 0 Å². The normalized spacial score (nSPS) is 13.0. The molecule has 0 aliphatic carbocycles. The van der Waals surface area contributed by atoms with Gasteiger partial charge in [0.15, 0.2) is 0 Å². The van der Waals surface area contributed by atoms with E-state index in [2.05, 4.69) is 5.32 Å². The molecule has 1 aromatic rings. The molecule has 1 aromatic carbocycles. The molecule has 0 bridgehead atoms. The van der Waals surface area contributed by atoms with Crippen molar-refractivity contribution in [1.82, 2.24) is 0 Å². The van der Waals surface area contributed by atoms with Gasteiger partial charge < -0.3 is 5.32 Å². The van der Waals surface area contributed by atoms with Crippen LogP contribution in [0.15, 0.2) is 18.2 Å². The fraction of sp³-hybridized carbons (Fsp3) is 0.571. The predicted octanol–water partition coefficient (Wildman–Crippen LogP) is 4.99. The first kappa shape index (κ1) is 17.3. The predicted molar refractivity (Wildman–Crippen MR) is 75.3 cm³/mol. The van der Waals surface area contributed by atoms with Gasteiger partial charge in [-0.2, -0.15) is 13.2 Å². The smallest absolute Gasteiger partial charge is 0.377 e. The van der Waals surface area contributed by atoms with Crippen LogP contribution in [0.2, 0.25) is 0 Å². The third kappa shape index (κ3) is 4.91. The Morgan fingerprint density at radius 2 is 2.00 bits per heavy atom. The summed E-state index contributed by atoms with van der Waals surface area (Å²) in [6.45, 7) is 3.97. The van der Waals surface area contributed by atoms with Crippen molar-refractivity contribution in [2.75, 3.05) is 5.32 Å². The van der Waals surface area contributed by atoms with Crippen molar-refractivity contribution in [1.29, 1.82) is 0 Å². The number of rotatable bonds is 7. The molecule has 0 spiro atoms. The maximum absolute atomic E-state index is 12.6. The van der Waals surface area contributed by atoms with Crippen LogP contribution in [0.4, 0.5) is 24.5 Å². The van der Waals surface area contributed by atoms with Gasteiger partial charge in [0.1, 0.15) is 5.69 Å². The van der Waals surface area contributed by atoms with E-state index in [0.29, 0.717) is 6.07 Å². The van der Waals surface area contributed by atoms with Gasteiger partial charge in [-0.05, 0) is 25.0 Å². The van der Waals surface area contributed by atoms with E-state index < -0.39 is 22.4 Å². The number of nitro benzene ring substituents is 1. The van der Waals surface area contributed by atoms with Crippen LogP contribution < -0.4 is 5.32 Å². The molecular weight excluding hydrogens is 285 g/mol. The lowest BCUT2D eigenvalue weighted by Crippen LogP contribution is -2.19. The second-order valence-electron chi connectivity index (χ2n) is 4.88. The molecule has 0 heterocycles. The number of unbranched alkanes of at least 4 members (excludes halogenated alkanes) is 1. The Hall–Kier alpha value is -1.79. The molecule has 0 aromatic heterocycles. The molecule has 0 saturated heterocycles. The molecular formula is C14H19F3N2O2. The number of alkyl halides is 3. The Balaban J connectivity index is 3.03. The lowest BCUT2D eigenvalue weighted by atomic mass is 10.1. The molecule has 0 fully saturated rings. The maximum atomic E-state index is 12.6. The molecule has 118 valence electrons. The average molecular weight is 304 g/mol. The van der Waals surface area contributed by atoms with Crippen LogP contribution in [0.5, 0.6) is 0 Å². The highest BCUT2D eigenvalue weighted by Gasteiger charge is 2.33. The monoisotopic (exact) mass is 304 g/mol. The number of nitrogens with zero attached hydrogens (tertiary/aromatic N) is 1. The Labute approximate surface area is 121 Å². The van der Waals surface area contributed by atoms with Gasteiger partial charge in [0.2, 0.25) is 0 Å². The molecule has 1 atom stereocenters. The molecule has 21 heavy (non-hydrogen) atoms. The van der Waals surface area contributed by atoms with Gasteiger partial charge in [0.25, 0.3) is 5.69 Å². The minimum absolute atomic E-state index is 0.0142. The zero-order chi connectivity index (χ0) is 16.0. The lowest BCUT2D eigenvalue weighted by molar-refractivity contribution is -0.384. The Morgan fingerprint density at radius 1 is 1.33 bits per heavy atom. The first-order valence-electron chi connectivity index (χ1n) is 6.91. The minimum Gasteiger partial charge on any atom is -0.377 e. The third-order valence-electron chi connectivity index (χ3n) is 3.28. The van der Waals surface area contributed by atoms with E-state index in [4.69, 9.17) is 0 Å². The summed E-state index contributed by atoms with van der Waals surface area (Å²) in [4.78, 5) is 10.2. The molecule has 0 aliphatic rings. The van der Waals surface area contributed by atoms with Gasteiger partial charge in [-0.1, -0.05) is 26.7 Å². The van der Waals surface area contributed by atoms with E-state index in [1.807, 2.05) is 13.8 Å². The molecule has 0 radical (unpaired) electrons. The van der Waals surface area contributed by atoms with Crippen molar-refractivity contribution in [3.63, 3.8) is 0 Å². The summed E-state index contributed by atoms with van der Waals surface area (Å²) in [5.41, 5.74) is -1.42. The first-order valence-corrected chi connectivity index (χ1v) is 6.91. The van der Waals surface area contributed by atoms with E-state index in [1.54, 1.807) is 0 Å². The summed E-state index contributed by atoms with van der Waals surface area (Å²) < 4.78 is 37.8. The van der Waals surface area contributed by atoms with Crippen LogP contribution in [0.3, 0.4) is 0 Å². The fourth-order valence-corrected chi connectivity index (χ4v) is 2.03. The zero-order valence-electron chi connectivity index (χ0n) is 12.0. The molecule has 0 amide bonds. The largest absolute Gasteiger partial charge is 0.416 e. The van der Waals surface area contributed by atoms with E-state index >= 15 is 0 Å². The summed E-state index contributed by atoms with van der Waals surface area (Å²) in [6.07, 6.45) is -1.06. The number of halogens is 3. The van der Waals surface area contributed by atoms with Crippen molar-refractivity contribution in [2.45, 2.75) is 51.7 Å². The van der Waals surface area contributed by atoms with Gasteiger partial charge in [0, 0.05) is 12.1 Å². The molecule has 1 N–H and O–H groups in total. The van der Waals surface area contributed by atoms with E-state index in [-0.39, 0.29) is 11.7 Å². The SMILES string of the molecule is CCCCC(CC)Nc1ccc(C(F)(F)F)cc1[N+](=O)[O-]. The van der Waals surface area contributed by atoms with Gasteiger partial charge in [-0.25, -0.2) is 0 Å². The first-order chi connectivity index (χ1) is 9.79. The number of benzene rings is 1. The summed E-state index contributed by atoms with van der Waals surface area (Å²) in [5.74, 6) is 0. The Kier molecular flexibility index (Phi) is 5.99. The number of hydrogen-bond acceptors (Lipinski definition) is 3. The topological polar surface area (TPSA) is 55.2 Å². The van der Waals surface area contributed by atoms with Crippen molar-refractivity contribution in [3.8, 4) is 0 Å². The van der Waals surface area contributed by atoms with Gasteiger partial charge >= 0.3 is 6.18 Å². The quantitative estimate of drug-likeness (QED) is 0.570. The number of nitro groups is 1. The van der Waals surface area contributed by atoms with Crippen molar-refractivity contribution in [3.05, 3.63) is 33.9 Å². The number of hydrogen-bond donors (Lipinski definition) is 1. The Morgan fingerprint density at radius 3 is 2.48 bits per heavy atom. The third-order valence-corrected chi connectivity index (χ3v) is 3.28. The zero-order valence-corrected chi connectivity index (χ0v) is 12.0. The summed E-state index contributed by atoms with van der Waals surface area (Å²) >= 11 is 0. The van der Waals surface area contributed by atoms with Crippen molar-refractivity contribution in [2.24, 2.45) is 0 Å². The van der Waals surface area contributed by atoms with Gasteiger partial charge in [-0.15, -0.1) is 0 Å². The maximum Gasteiger partial charge on any atom is 0.416 e. The van der Waals surface area contributed by atoms with E-state index in [9.17, 15) is 23.3 Å². The van der Waals surface area contributed by atoms with Crippen LogP contribution in [0.1, 0.15) is 45.1 Å². The molecule has 1 unspecified atom stereocenters. The van der Waals surface area contributed by atoms with Crippen LogP contribution in [0, 0.1) is 10.1 Å². The van der Waals surface area contributed by atoms with Crippen molar-refractivity contribution >= 4 is 11.4 Å². The average Bonchev–Trinajstić information content (AvgIpc) is 2.42. The van der Waals surface area contributed by atoms with E-state index in [1.165, 1.54) is 0 Å². The molecule has 1 rings (SSSR count). The van der Waals surface area contributed by atoms with Crippen LogP contribution in [0.25, 0.3) is 0 Å². The lowest BCUT2D eigenvalue weighted by Gasteiger charge is -2.18. The highest BCUT2D eigenvalue weighted by atomic mass is 19.4. The van der Waals surface area contributed by atoms with E-state index in [0.717, 1.165) is 37.8 Å². The number of nitrogens with one attached hydrogen (secondary N) is 1. The second kappa shape index (κ2) is 7.28. The Bertz CT molecular complexity index is 490. The highest BCUT2D eigenvalue weighted by Crippen LogP contribution is 2.35. The minimum atomic E-state index is -4.59. The molecule has 0 aliphatic heterocycles. The summed E-state index contributed by atoms with van der Waals surface area (Å²) in [6, 6.07) is 2.59. The fourth-order valence-electron chi connectivity index (χ4n) is 2.03. The van der Waals surface area contributed by atoms with Gasteiger partial charge in [0.05, 0.1) is 10.5 Å². The van der Waals surface area contributed by atoms with Crippen LogP contribution in [-0.2, 0) is 6.18 Å². The molecule has 0 saturated carbocycles. The standard InChI is InChI=1S/C14H19F3N2O2/c1-3-5-6-11(4-2)18-12-8-7-10(14(15,16)17)9-13(12)19(20)21/h7-9,11,18H,3-6H2,1-2H3.